The van der Waals surface area contributed by atoms with Crippen molar-refractivity contribution in [2.24, 2.45) is 11.8 Å². The summed E-state index contributed by atoms with van der Waals surface area (Å²) < 4.78 is 15.0. The number of ether oxygens (including phenoxy) is 3. The van der Waals surface area contributed by atoms with Crippen molar-refractivity contribution in [1.29, 1.82) is 0 Å². The molecule has 45 heavy (non-hydrogen) atoms. The van der Waals surface area contributed by atoms with Crippen LogP contribution < -0.4 is 10.6 Å². The second kappa shape index (κ2) is 17.1. The predicted octanol–water partition coefficient (Wildman–Crippen LogP) is 3.16. The molecule has 0 unspecified atom stereocenters. The molecule has 2 aromatic heterocycles. The van der Waals surface area contributed by atoms with Gasteiger partial charge in [0.25, 0.3) is 0 Å². The van der Waals surface area contributed by atoms with Crippen molar-refractivity contribution in [3.8, 4) is 0 Å². The number of imidazole rings is 2. The van der Waals surface area contributed by atoms with Crippen molar-refractivity contribution in [3.05, 3.63) is 41.7 Å². The summed E-state index contributed by atoms with van der Waals surface area (Å²) in [4.78, 5) is 67.8. The first-order valence-electron chi connectivity index (χ1n) is 14.8. The molecular formula is C30H48N8O7. The van der Waals surface area contributed by atoms with Crippen LogP contribution in [0.5, 0.6) is 0 Å². The second-order valence-electron chi connectivity index (χ2n) is 11.4. The van der Waals surface area contributed by atoms with E-state index in [-0.39, 0.29) is 35.7 Å². The van der Waals surface area contributed by atoms with Gasteiger partial charge in [0.2, 0.25) is 11.8 Å². The van der Waals surface area contributed by atoms with Crippen LogP contribution in [0, 0.1) is 11.8 Å². The maximum absolute atomic E-state index is 13.1. The van der Waals surface area contributed by atoms with E-state index in [9.17, 15) is 19.2 Å². The van der Waals surface area contributed by atoms with Gasteiger partial charge in [-0.2, -0.15) is 0 Å². The van der Waals surface area contributed by atoms with Gasteiger partial charge in [0.1, 0.15) is 23.7 Å². The number of nitrogens with zero attached hydrogens (tertiary/aromatic N) is 4. The number of rotatable bonds is 15. The highest BCUT2D eigenvalue weighted by Gasteiger charge is 2.32. The van der Waals surface area contributed by atoms with Crippen molar-refractivity contribution >= 4 is 30.1 Å². The first-order valence-corrected chi connectivity index (χ1v) is 14.8. The lowest BCUT2D eigenvalue weighted by atomic mass is 10.0. The maximum atomic E-state index is 13.1. The Morgan fingerprint density at radius 2 is 1.27 bits per heavy atom. The van der Waals surface area contributed by atoms with E-state index in [1.807, 2.05) is 41.5 Å². The van der Waals surface area contributed by atoms with E-state index in [1.165, 1.54) is 24.0 Å². The standard InChI is InChI=1S/C30H48N8O7/c1-17(2)23(35-29(41)43-9)27(39)37(7)19(5)25-31-15-21(33-25)11-13-45-14-12-22-16-32-26(34-22)20(6)38(8)28(40)24(18(3)4)36-30(42)44-10/h11,13,15-20,23-24H,12,14H2,1-10H3,(H,31,33)(H,32,34)(H,35,41)(H,36,42)/b13-11+/t19-,20-,23+,24+/m0/s1. The Morgan fingerprint density at radius 3 is 1.73 bits per heavy atom. The summed E-state index contributed by atoms with van der Waals surface area (Å²) >= 11 is 0. The number of amides is 4. The molecule has 0 radical (unpaired) electrons. The smallest absolute Gasteiger partial charge is 0.407 e. The molecule has 0 bridgehead atoms. The number of hydrogen-bond acceptors (Lipinski definition) is 9. The summed E-state index contributed by atoms with van der Waals surface area (Å²) in [6, 6.07) is -2.21. The van der Waals surface area contributed by atoms with Gasteiger partial charge in [0.15, 0.2) is 0 Å². The van der Waals surface area contributed by atoms with E-state index >= 15 is 0 Å². The van der Waals surface area contributed by atoms with E-state index in [2.05, 4.69) is 40.0 Å². The van der Waals surface area contributed by atoms with Gasteiger partial charge in [0.05, 0.1) is 51.1 Å². The molecular weight excluding hydrogens is 584 g/mol. The van der Waals surface area contributed by atoms with Crippen molar-refractivity contribution in [2.45, 2.75) is 72.1 Å². The number of likely N-dealkylation sites (N-methyl/N-ethyl adjacent to an activating group) is 2. The minimum absolute atomic E-state index is 0.134. The van der Waals surface area contributed by atoms with Crippen molar-refractivity contribution in [1.82, 2.24) is 40.4 Å². The Morgan fingerprint density at radius 1 is 0.800 bits per heavy atom. The molecule has 4 atom stereocenters. The first kappa shape index (κ1) is 36.6. The first-order chi connectivity index (χ1) is 21.2. The fourth-order valence-corrected chi connectivity index (χ4v) is 4.31. The van der Waals surface area contributed by atoms with E-state index in [4.69, 9.17) is 4.74 Å². The van der Waals surface area contributed by atoms with Gasteiger partial charge in [-0.3, -0.25) is 9.59 Å². The molecule has 4 N–H and O–H groups in total. The summed E-state index contributed by atoms with van der Waals surface area (Å²) in [7, 11) is 5.83. The monoisotopic (exact) mass is 632 g/mol. The van der Waals surface area contributed by atoms with Crippen LogP contribution >= 0.6 is 0 Å². The van der Waals surface area contributed by atoms with E-state index in [1.54, 1.807) is 38.8 Å². The largest absolute Gasteiger partial charge is 0.501 e. The average Bonchev–Trinajstić information content (AvgIpc) is 3.69. The molecule has 4 amide bonds. The Kier molecular flexibility index (Phi) is 13.9. The minimum atomic E-state index is -0.738. The van der Waals surface area contributed by atoms with Crippen molar-refractivity contribution < 1.29 is 33.4 Å². The number of carbonyl (C=O) groups excluding carboxylic acids is 4. The number of methoxy groups -OCH3 is 2. The van der Waals surface area contributed by atoms with E-state index in [0.29, 0.717) is 30.4 Å². The number of alkyl carbamates (subject to hydrolysis) is 2. The van der Waals surface area contributed by atoms with Crippen LogP contribution in [-0.4, -0.2) is 101 Å². The lowest BCUT2D eigenvalue weighted by Crippen LogP contribution is -2.50. The zero-order chi connectivity index (χ0) is 33.8. The van der Waals surface area contributed by atoms with Gasteiger partial charge in [-0.05, 0) is 31.8 Å². The van der Waals surface area contributed by atoms with Gasteiger partial charge in [-0.1, -0.05) is 27.7 Å². The van der Waals surface area contributed by atoms with Crippen LogP contribution in [0.2, 0.25) is 0 Å². The van der Waals surface area contributed by atoms with Gasteiger partial charge in [-0.15, -0.1) is 0 Å². The highest BCUT2D eigenvalue weighted by Crippen LogP contribution is 2.20. The quantitative estimate of drug-likeness (QED) is 0.169. The summed E-state index contributed by atoms with van der Waals surface area (Å²) in [5, 5.41) is 5.19. The summed E-state index contributed by atoms with van der Waals surface area (Å²) in [5.74, 6) is 0.406. The molecule has 0 aliphatic heterocycles. The average molecular weight is 633 g/mol. The van der Waals surface area contributed by atoms with Crippen LogP contribution in [0.25, 0.3) is 6.08 Å². The molecule has 2 heterocycles. The number of carbonyl (C=O) groups is 4. The molecule has 2 rings (SSSR count). The molecule has 0 saturated heterocycles. The highest BCUT2D eigenvalue weighted by molar-refractivity contribution is 5.86. The maximum Gasteiger partial charge on any atom is 0.407 e. The van der Waals surface area contributed by atoms with Crippen molar-refractivity contribution in [3.63, 3.8) is 0 Å². The van der Waals surface area contributed by atoms with Gasteiger partial charge in [0, 0.05) is 32.4 Å². The lowest BCUT2D eigenvalue weighted by Gasteiger charge is -2.30. The second-order valence-corrected chi connectivity index (χ2v) is 11.4. The fourth-order valence-electron chi connectivity index (χ4n) is 4.31. The van der Waals surface area contributed by atoms with Crippen LogP contribution in [0.1, 0.15) is 76.7 Å². The van der Waals surface area contributed by atoms with Gasteiger partial charge in [-0.25, -0.2) is 19.6 Å². The molecule has 0 aromatic carbocycles. The van der Waals surface area contributed by atoms with Crippen molar-refractivity contribution in [2.75, 3.05) is 34.9 Å². The number of nitrogens with one attached hydrogen (secondary N) is 4. The van der Waals surface area contributed by atoms with Crippen LogP contribution in [0.15, 0.2) is 18.7 Å². The zero-order valence-electron chi connectivity index (χ0n) is 27.8. The Labute approximate surface area is 264 Å². The molecule has 0 saturated carbocycles. The number of hydrogen-bond donors (Lipinski definition) is 4. The predicted molar refractivity (Wildman–Crippen MR) is 167 cm³/mol. The third kappa shape index (κ3) is 10.3. The van der Waals surface area contributed by atoms with E-state index < -0.39 is 24.3 Å². The fraction of sp³-hybridized carbons (Fsp3) is 0.600. The van der Waals surface area contributed by atoms with E-state index in [0.717, 1.165) is 5.69 Å². The summed E-state index contributed by atoms with van der Waals surface area (Å²) in [6.45, 7) is 11.4. The van der Waals surface area contributed by atoms with Gasteiger partial charge >= 0.3 is 12.2 Å². The minimum Gasteiger partial charge on any atom is -0.501 e. The summed E-state index contributed by atoms with van der Waals surface area (Å²) in [5.41, 5.74) is 1.53. The zero-order valence-corrected chi connectivity index (χ0v) is 27.8. The Bertz CT molecular complexity index is 1300. The van der Waals surface area contributed by atoms with Crippen LogP contribution in [0.3, 0.4) is 0 Å². The van der Waals surface area contributed by atoms with Gasteiger partial charge < -0.3 is 44.6 Å². The third-order valence-electron chi connectivity index (χ3n) is 7.53. The molecule has 0 aliphatic rings. The Hall–Kier alpha value is -4.56. The topological polar surface area (TPSA) is 184 Å². The molecule has 0 fully saturated rings. The molecule has 15 nitrogen and oxygen atoms in total. The highest BCUT2D eigenvalue weighted by atomic mass is 16.5. The lowest BCUT2D eigenvalue weighted by molar-refractivity contribution is -0.135. The number of aromatic amines is 2. The number of H-pyrrole nitrogens is 2. The SMILES string of the molecule is COC(=O)N[C@@H](C(=O)N(C)[C@@H](C)c1ncc(/C=C/OCCc2cnc([C@H](C)N(C)C(=O)[C@H](NC(=O)OC)C(C)C)[nH]2)[nH]1)C(C)C. The molecule has 0 spiro atoms. The molecule has 0 aliphatic carbocycles. The Balaban J connectivity index is 1.90. The normalized spacial score (nSPS) is 14.0. The summed E-state index contributed by atoms with van der Waals surface area (Å²) in [6.07, 6.45) is 5.85. The molecule has 2 aromatic rings. The third-order valence-corrected chi connectivity index (χ3v) is 7.53. The molecule has 15 heteroatoms. The number of aromatic nitrogens is 4. The van der Waals surface area contributed by atoms with Crippen LogP contribution in [0.4, 0.5) is 9.59 Å². The molecule has 250 valence electrons. The van der Waals surface area contributed by atoms with Crippen LogP contribution in [-0.2, 0) is 30.2 Å².